The number of hydrogen-bond donors (Lipinski definition) is 3. The van der Waals surface area contributed by atoms with Crippen LogP contribution < -0.4 is 15.4 Å². The minimum absolute atomic E-state index is 0.0388. The number of nitrogens with zero attached hydrogens (tertiary/aromatic N) is 2. The molecule has 0 fully saturated rings. The second kappa shape index (κ2) is 10.1. The van der Waals surface area contributed by atoms with Crippen molar-refractivity contribution < 1.29 is 9.53 Å². The average Bonchev–Trinajstić information content (AvgIpc) is 2.65. The molecule has 0 heterocycles. The fourth-order valence-corrected chi connectivity index (χ4v) is 2.09. The fraction of sp³-hybridized carbons (Fsp3) is 0.222. The van der Waals surface area contributed by atoms with Gasteiger partial charge < -0.3 is 15.4 Å². The zero-order valence-electron chi connectivity index (χ0n) is 15.2. The number of carbonyl (C=O) groups is 1. The Hall–Kier alpha value is -2.93. The van der Waals surface area contributed by atoms with Crippen LogP contribution in [0.3, 0.4) is 0 Å². The maximum atomic E-state index is 12.0. The molecule has 0 spiro atoms. The third-order valence-electron chi connectivity index (χ3n) is 3.27. The molecule has 1 amide bonds. The largest absolute Gasteiger partial charge is 0.494 e. The number of nitrogens with one attached hydrogen (secondary N) is 3. The third-order valence-corrected chi connectivity index (χ3v) is 3.56. The highest BCUT2D eigenvalue weighted by Gasteiger charge is 2.16. The summed E-state index contributed by atoms with van der Waals surface area (Å²) in [5, 5.41) is 13.6. The van der Waals surface area contributed by atoms with Crippen molar-refractivity contribution in [3.8, 4) is 5.75 Å². The van der Waals surface area contributed by atoms with Crippen LogP contribution in [0.25, 0.3) is 0 Å². The highest BCUT2D eigenvalue weighted by molar-refractivity contribution is 6.34. The normalized spacial score (nSPS) is 12.0. The lowest BCUT2D eigenvalue weighted by atomic mass is 10.1. The molecule has 1 aromatic rings. The van der Waals surface area contributed by atoms with Crippen molar-refractivity contribution in [2.24, 2.45) is 9.98 Å². The Balaban J connectivity index is 3.57. The smallest absolute Gasteiger partial charge is 0.252 e. The molecule has 1 aromatic carbocycles. The van der Waals surface area contributed by atoms with Crippen LogP contribution in [0, 0.1) is 5.41 Å². The van der Waals surface area contributed by atoms with E-state index in [9.17, 15) is 4.79 Å². The standard InChI is InChI=1S/C18H22ClN5O2/c1-6-23-17(20)12-8-7-9-13(16(12)26-5)24-14(10-15(19)21-3)11(2)18(25)22-4/h6-10,20-21H,2H2,1,3-5H3,(H,22,25)/b15-10-,20-17?,23-6?,24-14?. The van der Waals surface area contributed by atoms with Crippen LogP contribution in [0.4, 0.5) is 5.69 Å². The van der Waals surface area contributed by atoms with E-state index in [1.54, 1.807) is 32.2 Å². The molecule has 0 saturated carbocycles. The summed E-state index contributed by atoms with van der Waals surface area (Å²) in [7, 11) is 4.62. The molecule has 0 unspecified atom stereocenters. The predicted molar refractivity (Wildman–Crippen MR) is 107 cm³/mol. The van der Waals surface area contributed by atoms with Gasteiger partial charge in [0.1, 0.15) is 10.8 Å². The van der Waals surface area contributed by atoms with E-state index in [1.807, 2.05) is 0 Å². The lowest BCUT2D eigenvalue weighted by molar-refractivity contribution is -0.116. The molecular weight excluding hydrogens is 354 g/mol. The van der Waals surface area contributed by atoms with Crippen molar-refractivity contribution in [1.82, 2.24) is 10.6 Å². The number of halogens is 1. The zero-order chi connectivity index (χ0) is 19.7. The first-order valence-corrected chi connectivity index (χ1v) is 8.06. The molecule has 0 aliphatic heterocycles. The summed E-state index contributed by atoms with van der Waals surface area (Å²) in [4.78, 5) is 20.4. The number of methoxy groups -OCH3 is 1. The Morgan fingerprint density at radius 3 is 2.58 bits per heavy atom. The molecule has 0 aliphatic carbocycles. The summed E-state index contributed by atoms with van der Waals surface area (Å²) in [5.41, 5.74) is 1.28. The van der Waals surface area contributed by atoms with Crippen molar-refractivity contribution >= 4 is 41.0 Å². The van der Waals surface area contributed by atoms with Crippen LogP contribution in [-0.4, -0.2) is 44.9 Å². The molecule has 0 aliphatic rings. The van der Waals surface area contributed by atoms with Gasteiger partial charge in [-0.1, -0.05) is 24.2 Å². The van der Waals surface area contributed by atoms with E-state index in [4.69, 9.17) is 21.7 Å². The van der Waals surface area contributed by atoms with Crippen LogP contribution in [0.2, 0.25) is 0 Å². The van der Waals surface area contributed by atoms with Gasteiger partial charge in [-0.15, -0.1) is 0 Å². The third kappa shape index (κ3) is 5.29. The van der Waals surface area contributed by atoms with Crippen LogP contribution in [0.1, 0.15) is 12.5 Å². The molecular formula is C18H22ClN5O2. The Labute approximate surface area is 158 Å². The molecule has 138 valence electrons. The van der Waals surface area contributed by atoms with Crippen molar-refractivity contribution in [2.75, 3.05) is 21.2 Å². The minimum Gasteiger partial charge on any atom is -0.494 e. The summed E-state index contributed by atoms with van der Waals surface area (Å²) >= 11 is 6.03. The first-order valence-electron chi connectivity index (χ1n) is 7.69. The molecule has 3 N–H and O–H groups in total. The maximum Gasteiger partial charge on any atom is 0.252 e. The number of amides is 1. The summed E-state index contributed by atoms with van der Waals surface area (Å²) in [6, 6.07) is 5.13. The molecule has 1 rings (SSSR count). The molecule has 0 aromatic heterocycles. The van der Waals surface area contributed by atoms with Gasteiger partial charge in [0.25, 0.3) is 5.91 Å². The van der Waals surface area contributed by atoms with Gasteiger partial charge in [0, 0.05) is 20.3 Å². The van der Waals surface area contributed by atoms with Crippen molar-refractivity contribution in [3.05, 3.63) is 47.1 Å². The first-order chi connectivity index (χ1) is 12.4. The van der Waals surface area contributed by atoms with Crippen molar-refractivity contribution in [3.63, 3.8) is 0 Å². The molecule has 0 saturated heterocycles. The number of likely N-dealkylation sites (N-methyl/N-ethyl adjacent to an activating group) is 1. The van der Waals surface area contributed by atoms with Crippen molar-refractivity contribution in [2.45, 2.75) is 6.92 Å². The van der Waals surface area contributed by atoms with E-state index in [0.29, 0.717) is 17.0 Å². The Bertz CT molecular complexity index is 797. The molecule has 7 nitrogen and oxygen atoms in total. The number of hydrogen-bond acceptors (Lipinski definition) is 5. The minimum atomic E-state index is -0.390. The molecule has 8 heteroatoms. The monoisotopic (exact) mass is 375 g/mol. The predicted octanol–water partition coefficient (Wildman–Crippen LogP) is 2.79. The van der Waals surface area contributed by atoms with Gasteiger partial charge in [0.15, 0.2) is 11.6 Å². The van der Waals surface area contributed by atoms with E-state index in [0.717, 1.165) is 0 Å². The highest BCUT2D eigenvalue weighted by Crippen LogP contribution is 2.32. The van der Waals surface area contributed by atoms with E-state index < -0.39 is 0 Å². The average molecular weight is 376 g/mol. The molecule has 0 radical (unpaired) electrons. The quantitative estimate of drug-likeness (QED) is 0.296. The number of benzene rings is 1. The summed E-state index contributed by atoms with van der Waals surface area (Å²) in [6.07, 6.45) is 3.01. The Morgan fingerprint density at radius 1 is 1.35 bits per heavy atom. The van der Waals surface area contributed by atoms with Crippen LogP contribution in [0.15, 0.2) is 51.6 Å². The number of para-hydroxylation sites is 1. The second-order valence-corrected chi connectivity index (χ2v) is 5.30. The van der Waals surface area contributed by atoms with E-state index in [-0.39, 0.29) is 28.2 Å². The Kier molecular flexibility index (Phi) is 8.24. The van der Waals surface area contributed by atoms with Gasteiger partial charge in [0.05, 0.1) is 24.0 Å². The van der Waals surface area contributed by atoms with Gasteiger partial charge in [-0.25, -0.2) is 9.98 Å². The lowest BCUT2D eigenvalue weighted by Crippen LogP contribution is -2.23. The highest BCUT2D eigenvalue weighted by atomic mass is 35.5. The number of carbonyl (C=O) groups excluding carboxylic acids is 1. The Morgan fingerprint density at radius 2 is 2.04 bits per heavy atom. The number of rotatable bonds is 7. The van der Waals surface area contributed by atoms with Gasteiger partial charge >= 0.3 is 0 Å². The number of allylic oxidation sites excluding steroid dienone is 1. The summed E-state index contributed by atoms with van der Waals surface area (Å²) < 4.78 is 5.42. The number of amidine groups is 1. The van der Waals surface area contributed by atoms with Gasteiger partial charge in [-0.3, -0.25) is 10.2 Å². The maximum absolute atomic E-state index is 12.0. The van der Waals surface area contributed by atoms with E-state index in [2.05, 4.69) is 27.2 Å². The van der Waals surface area contributed by atoms with Gasteiger partial charge in [-0.2, -0.15) is 0 Å². The molecule has 0 atom stereocenters. The zero-order valence-corrected chi connectivity index (χ0v) is 15.9. The fourth-order valence-electron chi connectivity index (χ4n) is 1.99. The summed E-state index contributed by atoms with van der Waals surface area (Å²) in [6.45, 7) is 5.49. The molecule has 0 bridgehead atoms. The van der Waals surface area contributed by atoms with E-state index >= 15 is 0 Å². The SMILES string of the molecule is C=C(C(=O)NC)C(/C=C(/Cl)NC)=Nc1cccc(C(=N)N=CC)c1OC. The number of aliphatic imine (C=N–C) groups is 2. The molecule has 26 heavy (non-hydrogen) atoms. The number of ether oxygens (including phenoxy) is 1. The van der Waals surface area contributed by atoms with Crippen molar-refractivity contribution in [1.29, 1.82) is 5.41 Å². The second-order valence-electron chi connectivity index (χ2n) is 4.89. The van der Waals surface area contributed by atoms with Gasteiger partial charge in [0.2, 0.25) is 0 Å². The van der Waals surface area contributed by atoms with E-state index in [1.165, 1.54) is 26.4 Å². The summed E-state index contributed by atoms with van der Waals surface area (Å²) in [5.74, 6) is 0.00943. The van der Waals surface area contributed by atoms with Gasteiger partial charge in [-0.05, 0) is 25.1 Å². The van der Waals surface area contributed by atoms with Crippen LogP contribution >= 0.6 is 11.6 Å². The topological polar surface area (TPSA) is 98.9 Å². The lowest BCUT2D eigenvalue weighted by Gasteiger charge is -2.12. The van der Waals surface area contributed by atoms with Crippen LogP contribution in [-0.2, 0) is 4.79 Å². The van der Waals surface area contributed by atoms with Crippen LogP contribution in [0.5, 0.6) is 5.75 Å². The first kappa shape index (κ1) is 21.1.